The molecule has 0 amide bonds. The van der Waals surface area contributed by atoms with Crippen LogP contribution in [-0.4, -0.2) is 40.1 Å². The van der Waals surface area contributed by atoms with Gasteiger partial charge >= 0.3 is 0 Å². The predicted octanol–water partition coefficient (Wildman–Crippen LogP) is -1.43. The molecule has 1 aromatic heterocycles. The molecule has 0 saturated carbocycles. The molecule has 0 aliphatic rings. The van der Waals surface area contributed by atoms with Gasteiger partial charge in [-0.3, -0.25) is 0 Å². The molecule has 0 fully saturated rings. The number of hydrogen-bond donors (Lipinski definition) is 1. The van der Waals surface area contributed by atoms with Crippen LogP contribution in [-0.2, 0) is 22.9 Å². The Morgan fingerprint density at radius 1 is 1.50 bits per heavy atom. The highest BCUT2D eigenvalue weighted by Gasteiger charge is 2.10. The summed E-state index contributed by atoms with van der Waals surface area (Å²) in [6.45, 7) is 2.08. The van der Waals surface area contributed by atoms with E-state index in [0.717, 1.165) is 0 Å². The largest absolute Gasteiger partial charge is 0.324 e. The fourth-order valence-electron chi connectivity index (χ4n) is 0.913. The Labute approximate surface area is 82.2 Å². The van der Waals surface area contributed by atoms with Crippen LogP contribution >= 0.6 is 0 Å². The van der Waals surface area contributed by atoms with Crippen LogP contribution in [0.1, 0.15) is 12.7 Å². The summed E-state index contributed by atoms with van der Waals surface area (Å²) in [7, 11) is -2.98. The normalized spacial score (nSPS) is 11.9. The molecule has 1 aromatic rings. The van der Waals surface area contributed by atoms with Crippen molar-refractivity contribution >= 4 is 9.84 Å². The summed E-state index contributed by atoms with van der Waals surface area (Å²) < 4.78 is 23.8. The van der Waals surface area contributed by atoms with Crippen molar-refractivity contribution in [2.45, 2.75) is 20.0 Å². The van der Waals surface area contributed by atoms with Crippen molar-refractivity contribution in [2.75, 3.05) is 11.5 Å². The van der Waals surface area contributed by atoms with Crippen LogP contribution in [0.4, 0.5) is 0 Å². The van der Waals surface area contributed by atoms with Crippen molar-refractivity contribution in [3.05, 3.63) is 5.82 Å². The average Bonchev–Trinajstić information content (AvgIpc) is 2.62. The van der Waals surface area contributed by atoms with Gasteiger partial charge in [0.2, 0.25) is 0 Å². The van der Waals surface area contributed by atoms with Gasteiger partial charge in [0.05, 0.1) is 18.8 Å². The molecule has 0 bridgehead atoms. The zero-order valence-corrected chi connectivity index (χ0v) is 8.74. The molecule has 0 aliphatic heterocycles. The Hall–Kier alpha value is -1.02. The number of aromatic nitrogens is 4. The Balaban J connectivity index is 2.62. The second-order valence-electron chi connectivity index (χ2n) is 2.76. The van der Waals surface area contributed by atoms with E-state index in [1.165, 1.54) is 4.68 Å². The molecule has 14 heavy (non-hydrogen) atoms. The highest BCUT2D eigenvalue weighted by Crippen LogP contribution is 1.95. The van der Waals surface area contributed by atoms with Crippen LogP contribution in [0.5, 0.6) is 0 Å². The van der Waals surface area contributed by atoms with Crippen LogP contribution in [0.25, 0.3) is 0 Å². The molecule has 1 heterocycles. The van der Waals surface area contributed by atoms with Crippen molar-refractivity contribution in [3.8, 4) is 0 Å². The van der Waals surface area contributed by atoms with E-state index in [4.69, 9.17) is 5.73 Å². The van der Waals surface area contributed by atoms with Gasteiger partial charge in [0.25, 0.3) is 0 Å². The van der Waals surface area contributed by atoms with Crippen LogP contribution in [0.15, 0.2) is 0 Å². The number of nitrogens with zero attached hydrogens (tertiary/aromatic N) is 4. The molecule has 0 atom stereocenters. The van der Waals surface area contributed by atoms with Gasteiger partial charge in [-0.1, -0.05) is 6.92 Å². The molecule has 8 heteroatoms. The zero-order chi connectivity index (χ0) is 10.6. The molecule has 0 unspecified atom stereocenters. The summed E-state index contributed by atoms with van der Waals surface area (Å²) >= 11 is 0. The summed E-state index contributed by atoms with van der Waals surface area (Å²) in [5.74, 6) is 0.672. The number of sulfone groups is 1. The van der Waals surface area contributed by atoms with Crippen molar-refractivity contribution in [3.63, 3.8) is 0 Å². The van der Waals surface area contributed by atoms with Gasteiger partial charge < -0.3 is 5.73 Å². The number of hydrogen-bond acceptors (Lipinski definition) is 6. The summed E-state index contributed by atoms with van der Waals surface area (Å²) in [6, 6.07) is 0. The molecule has 80 valence electrons. The highest BCUT2D eigenvalue weighted by atomic mass is 32.2. The van der Waals surface area contributed by atoms with Crippen molar-refractivity contribution in [1.82, 2.24) is 20.2 Å². The second-order valence-corrected chi connectivity index (χ2v) is 5.23. The first-order chi connectivity index (χ1) is 6.59. The Bertz CT molecular complexity index is 385. The van der Waals surface area contributed by atoms with Crippen LogP contribution < -0.4 is 5.73 Å². The minimum absolute atomic E-state index is 0.0432. The number of nitrogens with two attached hydrogens (primary N) is 1. The molecular weight excluding hydrogens is 206 g/mol. The third-order valence-corrected chi connectivity index (χ3v) is 3.53. The van der Waals surface area contributed by atoms with Crippen molar-refractivity contribution in [1.29, 1.82) is 0 Å². The van der Waals surface area contributed by atoms with Gasteiger partial charge in [-0.2, -0.15) is 0 Å². The molecule has 0 spiro atoms. The minimum Gasteiger partial charge on any atom is -0.324 e. The minimum atomic E-state index is -2.98. The van der Waals surface area contributed by atoms with Crippen LogP contribution in [0.2, 0.25) is 0 Å². The first kappa shape index (κ1) is 11.1. The summed E-state index contributed by atoms with van der Waals surface area (Å²) in [5, 5.41) is 10.7. The average molecular weight is 219 g/mol. The first-order valence-corrected chi connectivity index (χ1v) is 6.06. The maximum atomic E-state index is 11.2. The lowest BCUT2D eigenvalue weighted by atomic mass is 10.6. The van der Waals surface area contributed by atoms with Gasteiger partial charge in [-0.05, 0) is 10.4 Å². The maximum Gasteiger partial charge on any atom is 0.164 e. The Kier molecular flexibility index (Phi) is 3.53. The van der Waals surface area contributed by atoms with E-state index >= 15 is 0 Å². The van der Waals surface area contributed by atoms with E-state index in [1.807, 2.05) is 0 Å². The van der Waals surface area contributed by atoms with Crippen molar-refractivity contribution < 1.29 is 8.42 Å². The third-order valence-electron chi connectivity index (χ3n) is 1.84. The van der Waals surface area contributed by atoms with Crippen LogP contribution in [0.3, 0.4) is 0 Å². The molecule has 7 nitrogen and oxygen atoms in total. The van der Waals surface area contributed by atoms with E-state index in [2.05, 4.69) is 15.5 Å². The lowest BCUT2D eigenvalue weighted by Crippen LogP contribution is -2.18. The molecule has 1 rings (SSSR count). The maximum absolute atomic E-state index is 11.2. The zero-order valence-electron chi connectivity index (χ0n) is 7.92. The highest BCUT2D eigenvalue weighted by molar-refractivity contribution is 7.91. The molecule has 0 saturated heterocycles. The number of aryl methyl sites for hydroxylation is 1. The quantitative estimate of drug-likeness (QED) is 0.651. The lowest BCUT2D eigenvalue weighted by molar-refractivity contribution is 0.566. The SMILES string of the molecule is CCS(=O)(=O)CCn1nnnc1CN. The molecule has 0 aliphatic carbocycles. The van der Waals surface area contributed by atoms with E-state index < -0.39 is 9.84 Å². The van der Waals surface area contributed by atoms with E-state index in [1.54, 1.807) is 6.92 Å². The van der Waals surface area contributed by atoms with Gasteiger partial charge in [-0.15, -0.1) is 5.10 Å². The second kappa shape index (κ2) is 4.47. The van der Waals surface area contributed by atoms with Crippen LogP contribution in [0, 0.1) is 0 Å². The fourth-order valence-corrected chi connectivity index (χ4v) is 1.65. The molecular formula is C6H13N5O2S. The first-order valence-electron chi connectivity index (χ1n) is 4.24. The van der Waals surface area contributed by atoms with Gasteiger partial charge in [0, 0.05) is 5.75 Å². The smallest absolute Gasteiger partial charge is 0.164 e. The standard InChI is InChI=1S/C6H13N5O2S/c1-2-14(12,13)4-3-11-6(5-7)8-9-10-11/h2-5,7H2,1H3. The van der Waals surface area contributed by atoms with E-state index in [-0.39, 0.29) is 24.6 Å². The summed E-state index contributed by atoms with van der Waals surface area (Å²) in [5.41, 5.74) is 5.35. The number of tetrazole rings is 1. The molecule has 2 N–H and O–H groups in total. The lowest BCUT2D eigenvalue weighted by Gasteiger charge is -2.02. The predicted molar refractivity (Wildman–Crippen MR) is 50.0 cm³/mol. The third kappa shape index (κ3) is 2.74. The topological polar surface area (TPSA) is 104 Å². The Morgan fingerprint density at radius 3 is 2.79 bits per heavy atom. The molecule has 0 aromatic carbocycles. The summed E-state index contributed by atoms with van der Waals surface area (Å²) in [6.07, 6.45) is 0. The van der Waals surface area contributed by atoms with Gasteiger partial charge in [0.15, 0.2) is 15.7 Å². The number of rotatable bonds is 5. The molecule has 0 radical (unpaired) electrons. The van der Waals surface area contributed by atoms with Gasteiger partial charge in [-0.25, -0.2) is 13.1 Å². The monoisotopic (exact) mass is 219 g/mol. The van der Waals surface area contributed by atoms with Crippen molar-refractivity contribution in [2.24, 2.45) is 5.73 Å². The summed E-state index contributed by atoms with van der Waals surface area (Å²) in [4.78, 5) is 0. The Morgan fingerprint density at radius 2 is 2.21 bits per heavy atom. The van der Waals surface area contributed by atoms with E-state index in [0.29, 0.717) is 5.82 Å². The fraction of sp³-hybridized carbons (Fsp3) is 0.833. The van der Waals surface area contributed by atoms with Gasteiger partial charge in [0.1, 0.15) is 0 Å². The van der Waals surface area contributed by atoms with E-state index in [9.17, 15) is 8.42 Å².